The van der Waals surface area contributed by atoms with Gasteiger partial charge in [0.05, 0.1) is 0 Å². The molecule has 2 heteroatoms. The monoisotopic (exact) mass is 201 g/mol. The van der Waals surface area contributed by atoms with Crippen LogP contribution < -0.4 is 5.32 Å². The van der Waals surface area contributed by atoms with Crippen molar-refractivity contribution in [1.29, 1.82) is 0 Å². The van der Waals surface area contributed by atoms with Crippen LogP contribution in [0, 0.1) is 0 Å². The van der Waals surface area contributed by atoms with Crippen molar-refractivity contribution in [3.63, 3.8) is 0 Å². The Morgan fingerprint density at radius 3 is 2.60 bits per heavy atom. The number of rotatable bonds is 3. The van der Waals surface area contributed by atoms with Crippen molar-refractivity contribution < 1.29 is 4.79 Å². The zero-order chi connectivity index (χ0) is 10.7. The lowest BCUT2D eigenvalue weighted by molar-refractivity contribution is -0.117. The molecule has 78 valence electrons. The minimum absolute atomic E-state index is 0.0634. The fraction of sp³-hybridized carbons (Fsp3) is 0.308. The SMILES string of the molecule is C=CC(=O)NC1CC(c2ccccc2)C1. The molecule has 1 N–H and O–H groups in total. The summed E-state index contributed by atoms with van der Waals surface area (Å²) in [6.07, 6.45) is 3.42. The molecule has 1 aromatic rings. The maximum Gasteiger partial charge on any atom is 0.243 e. The lowest BCUT2D eigenvalue weighted by Gasteiger charge is -2.35. The van der Waals surface area contributed by atoms with Crippen LogP contribution in [0.25, 0.3) is 0 Å². The molecule has 1 fully saturated rings. The molecular weight excluding hydrogens is 186 g/mol. The van der Waals surface area contributed by atoms with E-state index in [0.717, 1.165) is 12.8 Å². The van der Waals surface area contributed by atoms with E-state index in [-0.39, 0.29) is 5.91 Å². The summed E-state index contributed by atoms with van der Waals surface area (Å²) in [6.45, 7) is 3.44. The third-order valence-electron chi connectivity index (χ3n) is 2.94. The number of amides is 1. The number of carbonyl (C=O) groups excluding carboxylic acids is 1. The second-order valence-corrected chi connectivity index (χ2v) is 3.99. The van der Waals surface area contributed by atoms with Crippen molar-refractivity contribution in [2.45, 2.75) is 24.8 Å². The highest BCUT2D eigenvalue weighted by atomic mass is 16.1. The van der Waals surface area contributed by atoms with Gasteiger partial charge >= 0.3 is 0 Å². The summed E-state index contributed by atoms with van der Waals surface area (Å²) in [5, 5.41) is 2.91. The highest BCUT2D eigenvalue weighted by molar-refractivity contribution is 5.87. The van der Waals surface area contributed by atoms with Crippen LogP contribution in [0.2, 0.25) is 0 Å². The Bertz CT molecular complexity index is 352. The van der Waals surface area contributed by atoms with E-state index in [4.69, 9.17) is 0 Å². The van der Waals surface area contributed by atoms with Gasteiger partial charge < -0.3 is 5.32 Å². The molecule has 0 heterocycles. The predicted molar refractivity (Wildman–Crippen MR) is 60.5 cm³/mol. The van der Waals surface area contributed by atoms with Crippen molar-refractivity contribution >= 4 is 5.91 Å². The van der Waals surface area contributed by atoms with E-state index in [0.29, 0.717) is 12.0 Å². The molecule has 2 nitrogen and oxygen atoms in total. The van der Waals surface area contributed by atoms with Gasteiger partial charge in [-0.15, -0.1) is 0 Å². The van der Waals surface area contributed by atoms with Crippen molar-refractivity contribution in [2.75, 3.05) is 0 Å². The van der Waals surface area contributed by atoms with Crippen molar-refractivity contribution in [2.24, 2.45) is 0 Å². The number of carbonyl (C=O) groups is 1. The molecule has 0 aromatic heterocycles. The predicted octanol–water partition coefficient (Wildman–Crippen LogP) is 2.23. The summed E-state index contributed by atoms with van der Waals surface area (Å²) in [6, 6.07) is 10.8. The van der Waals surface area contributed by atoms with Crippen LogP contribution in [0.3, 0.4) is 0 Å². The van der Waals surface area contributed by atoms with Gasteiger partial charge in [0.2, 0.25) is 5.91 Å². The fourth-order valence-corrected chi connectivity index (χ4v) is 1.99. The minimum atomic E-state index is -0.0634. The number of benzene rings is 1. The first-order chi connectivity index (χ1) is 7.29. The van der Waals surface area contributed by atoms with Crippen LogP contribution in [0.4, 0.5) is 0 Å². The van der Waals surface area contributed by atoms with E-state index in [1.54, 1.807) is 0 Å². The first-order valence-electron chi connectivity index (χ1n) is 5.27. The molecule has 0 aliphatic heterocycles. The molecular formula is C13H15NO. The van der Waals surface area contributed by atoms with Gasteiger partial charge in [0.1, 0.15) is 0 Å². The summed E-state index contributed by atoms with van der Waals surface area (Å²) in [7, 11) is 0. The Morgan fingerprint density at radius 1 is 1.33 bits per heavy atom. The van der Waals surface area contributed by atoms with Crippen molar-refractivity contribution in [3.05, 3.63) is 48.6 Å². The normalized spacial score (nSPS) is 24.0. The van der Waals surface area contributed by atoms with E-state index in [1.165, 1.54) is 11.6 Å². The highest BCUT2D eigenvalue weighted by Crippen LogP contribution is 2.36. The number of nitrogens with one attached hydrogen (secondary N) is 1. The molecule has 0 atom stereocenters. The van der Waals surface area contributed by atoms with Crippen LogP contribution >= 0.6 is 0 Å². The summed E-state index contributed by atoms with van der Waals surface area (Å²) < 4.78 is 0. The van der Waals surface area contributed by atoms with Crippen LogP contribution in [-0.4, -0.2) is 11.9 Å². The molecule has 1 aliphatic rings. The zero-order valence-electron chi connectivity index (χ0n) is 8.65. The van der Waals surface area contributed by atoms with E-state index in [2.05, 4.69) is 36.2 Å². The van der Waals surface area contributed by atoms with Crippen molar-refractivity contribution in [1.82, 2.24) is 5.32 Å². The molecule has 1 amide bonds. The van der Waals surface area contributed by atoms with E-state index < -0.39 is 0 Å². The van der Waals surface area contributed by atoms with Gasteiger partial charge in [-0.3, -0.25) is 4.79 Å². The lowest BCUT2D eigenvalue weighted by Crippen LogP contribution is -2.42. The standard InChI is InChI=1S/C13H15NO/c1-2-13(15)14-12-8-11(9-12)10-6-4-3-5-7-10/h2-7,11-12H,1,8-9H2,(H,14,15). The summed E-state index contributed by atoms with van der Waals surface area (Å²) in [5.74, 6) is 0.549. The Balaban J connectivity index is 1.84. The number of hydrogen-bond acceptors (Lipinski definition) is 1. The summed E-state index contributed by atoms with van der Waals surface area (Å²) in [4.78, 5) is 11.0. The van der Waals surface area contributed by atoms with Gasteiger partial charge in [-0.05, 0) is 30.4 Å². The number of hydrogen-bond donors (Lipinski definition) is 1. The fourth-order valence-electron chi connectivity index (χ4n) is 1.99. The van der Waals surface area contributed by atoms with Crippen LogP contribution in [0.1, 0.15) is 24.3 Å². The van der Waals surface area contributed by atoms with E-state index >= 15 is 0 Å². The summed E-state index contributed by atoms with van der Waals surface area (Å²) >= 11 is 0. The van der Waals surface area contributed by atoms with E-state index in [1.807, 2.05) is 6.07 Å². The summed E-state index contributed by atoms with van der Waals surface area (Å²) in [5.41, 5.74) is 1.38. The quantitative estimate of drug-likeness (QED) is 0.746. The Hall–Kier alpha value is -1.57. The van der Waals surface area contributed by atoms with Gasteiger partial charge in [0.15, 0.2) is 0 Å². The molecule has 1 aromatic carbocycles. The lowest BCUT2D eigenvalue weighted by atomic mass is 9.76. The molecule has 0 unspecified atom stereocenters. The second-order valence-electron chi connectivity index (χ2n) is 3.99. The van der Waals surface area contributed by atoms with Gasteiger partial charge in [-0.1, -0.05) is 36.9 Å². The zero-order valence-corrected chi connectivity index (χ0v) is 8.65. The molecule has 1 saturated carbocycles. The third kappa shape index (κ3) is 2.27. The van der Waals surface area contributed by atoms with Crippen LogP contribution in [0.5, 0.6) is 0 Å². The van der Waals surface area contributed by atoms with Crippen LogP contribution in [-0.2, 0) is 4.79 Å². The Labute approximate surface area is 90.0 Å². The molecule has 0 radical (unpaired) electrons. The van der Waals surface area contributed by atoms with Gasteiger partial charge in [-0.2, -0.15) is 0 Å². The maximum absolute atomic E-state index is 11.0. The molecule has 0 saturated heterocycles. The average Bonchev–Trinajstić information content (AvgIpc) is 2.23. The Morgan fingerprint density at radius 2 is 2.00 bits per heavy atom. The topological polar surface area (TPSA) is 29.1 Å². The maximum atomic E-state index is 11.0. The first kappa shape index (κ1) is 9.97. The van der Waals surface area contributed by atoms with Gasteiger partial charge in [0, 0.05) is 6.04 Å². The molecule has 0 spiro atoms. The third-order valence-corrected chi connectivity index (χ3v) is 2.94. The van der Waals surface area contributed by atoms with Crippen molar-refractivity contribution in [3.8, 4) is 0 Å². The first-order valence-corrected chi connectivity index (χ1v) is 5.27. The van der Waals surface area contributed by atoms with Crippen LogP contribution in [0.15, 0.2) is 43.0 Å². The van der Waals surface area contributed by atoms with Gasteiger partial charge in [0.25, 0.3) is 0 Å². The molecule has 2 rings (SSSR count). The smallest absolute Gasteiger partial charge is 0.243 e. The molecule has 1 aliphatic carbocycles. The second kappa shape index (κ2) is 4.30. The van der Waals surface area contributed by atoms with E-state index in [9.17, 15) is 4.79 Å². The highest BCUT2D eigenvalue weighted by Gasteiger charge is 2.30. The average molecular weight is 201 g/mol. The van der Waals surface area contributed by atoms with Gasteiger partial charge in [-0.25, -0.2) is 0 Å². The Kier molecular flexibility index (Phi) is 2.86. The minimum Gasteiger partial charge on any atom is -0.350 e. The molecule has 0 bridgehead atoms. The largest absolute Gasteiger partial charge is 0.350 e. The molecule has 15 heavy (non-hydrogen) atoms.